The van der Waals surface area contributed by atoms with Gasteiger partial charge in [-0.05, 0) is 18.6 Å². The van der Waals surface area contributed by atoms with Gasteiger partial charge in [0.05, 0.1) is 17.9 Å². The van der Waals surface area contributed by atoms with Gasteiger partial charge in [-0.25, -0.2) is 9.59 Å². The minimum absolute atomic E-state index is 0.103. The molecule has 1 heterocycles. The molecule has 0 saturated carbocycles. The van der Waals surface area contributed by atoms with Crippen LogP contribution in [0.4, 0.5) is 5.69 Å². The van der Waals surface area contributed by atoms with Crippen LogP contribution in [-0.2, 0) is 9.53 Å². The molecule has 1 aliphatic heterocycles. The summed E-state index contributed by atoms with van der Waals surface area (Å²) in [4.78, 5) is 22.3. The second-order valence-corrected chi connectivity index (χ2v) is 3.76. The van der Waals surface area contributed by atoms with E-state index in [9.17, 15) is 9.59 Å². The van der Waals surface area contributed by atoms with Crippen LogP contribution in [0.1, 0.15) is 23.2 Å². The van der Waals surface area contributed by atoms with Crippen molar-refractivity contribution in [3.05, 3.63) is 29.8 Å². The van der Waals surface area contributed by atoms with E-state index in [0.29, 0.717) is 18.7 Å². The molecule has 1 aromatic rings. The Kier molecular flexibility index (Phi) is 3.57. The number of esters is 1. The van der Waals surface area contributed by atoms with Crippen LogP contribution in [0, 0.1) is 0 Å². The fourth-order valence-electron chi connectivity index (χ4n) is 1.59. The minimum atomic E-state index is -1.05. The first kappa shape index (κ1) is 12.1. The van der Waals surface area contributed by atoms with E-state index in [1.165, 1.54) is 6.07 Å². The number of benzene rings is 1. The molecular weight excluding hydrogens is 236 g/mol. The average Bonchev–Trinajstić information content (AvgIpc) is 2.38. The van der Waals surface area contributed by atoms with Crippen LogP contribution in [0.2, 0.25) is 0 Å². The standard InChI is InChI=1S/C12H12N2O4/c15-11(16)8-4-1-2-5-9(8)13-14-10-6-3-7-18-12(10)17/h1-2,4-5,13H,3,6-7H2,(H,15,16)/b14-10+. The molecule has 2 N–H and O–H groups in total. The first-order valence-corrected chi connectivity index (χ1v) is 5.50. The lowest BCUT2D eigenvalue weighted by Crippen LogP contribution is -2.25. The number of carboxylic acid groups (broad SMARTS) is 1. The van der Waals surface area contributed by atoms with Gasteiger partial charge >= 0.3 is 11.9 Å². The summed E-state index contributed by atoms with van der Waals surface area (Å²) >= 11 is 0. The monoisotopic (exact) mass is 248 g/mol. The van der Waals surface area contributed by atoms with Crippen molar-refractivity contribution in [1.82, 2.24) is 0 Å². The number of aromatic carboxylic acids is 1. The highest BCUT2D eigenvalue weighted by molar-refractivity contribution is 6.37. The van der Waals surface area contributed by atoms with E-state index in [-0.39, 0.29) is 11.3 Å². The lowest BCUT2D eigenvalue weighted by atomic mass is 10.2. The molecule has 0 bridgehead atoms. The SMILES string of the molecule is O=C1OCCC/C1=N\Nc1ccccc1C(=O)O. The predicted octanol–water partition coefficient (Wildman–Crippen LogP) is 1.49. The Morgan fingerprint density at radius 2 is 2.17 bits per heavy atom. The predicted molar refractivity (Wildman–Crippen MR) is 64.7 cm³/mol. The first-order valence-electron chi connectivity index (χ1n) is 5.50. The third-order valence-corrected chi connectivity index (χ3v) is 2.50. The van der Waals surface area contributed by atoms with Gasteiger partial charge < -0.3 is 9.84 Å². The van der Waals surface area contributed by atoms with Gasteiger partial charge in [0.1, 0.15) is 5.71 Å². The number of cyclic esters (lactones) is 1. The molecule has 94 valence electrons. The molecule has 1 aromatic carbocycles. The maximum Gasteiger partial charge on any atom is 0.354 e. The summed E-state index contributed by atoms with van der Waals surface area (Å²) in [6, 6.07) is 6.36. The maximum absolute atomic E-state index is 11.3. The lowest BCUT2D eigenvalue weighted by Gasteiger charge is -2.13. The van der Waals surface area contributed by atoms with Gasteiger partial charge in [-0.1, -0.05) is 12.1 Å². The van der Waals surface area contributed by atoms with Crippen molar-refractivity contribution in [2.24, 2.45) is 5.10 Å². The Morgan fingerprint density at radius 1 is 1.39 bits per heavy atom. The van der Waals surface area contributed by atoms with Gasteiger partial charge in [0.2, 0.25) is 0 Å². The van der Waals surface area contributed by atoms with E-state index in [1.807, 2.05) is 0 Å². The Labute approximate surface area is 103 Å². The van der Waals surface area contributed by atoms with E-state index in [2.05, 4.69) is 10.5 Å². The molecule has 6 nitrogen and oxygen atoms in total. The van der Waals surface area contributed by atoms with E-state index in [4.69, 9.17) is 9.84 Å². The van der Waals surface area contributed by atoms with Gasteiger partial charge in [0, 0.05) is 6.42 Å². The second-order valence-electron chi connectivity index (χ2n) is 3.76. The number of carboxylic acids is 1. The summed E-state index contributed by atoms with van der Waals surface area (Å²) in [6.45, 7) is 0.406. The normalized spacial score (nSPS) is 17.3. The maximum atomic E-state index is 11.3. The zero-order valence-corrected chi connectivity index (χ0v) is 9.55. The summed E-state index contributed by atoms with van der Waals surface area (Å²) in [5.41, 5.74) is 3.33. The molecule has 0 unspecified atom stereocenters. The number of hydrogen-bond acceptors (Lipinski definition) is 5. The van der Waals surface area contributed by atoms with E-state index < -0.39 is 11.9 Å². The summed E-state index contributed by atoms with van der Waals surface area (Å²) in [7, 11) is 0. The fourth-order valence-corrected chi connectivity index (χ4v) is 1.59. The molecular formula is C12H12N2O4. The molecule has 1 aliphatic rings. The number of rotatable bonds is 3. The first-order chi connectivity index (χ1) is 8.68. The number of para-hydroxylation sites is 1. The Morgan fingerprint density at radius 3 is 2.89 bits per heavy atom. The third-order valence-electron chi connectivity index (χ3n) is 2.50. The van der Waals surface area contributed by atoms with E-state index >= 15 is 0 Å². The Bertz CT molecular complexity index is 511. The molecule has 0 aromatic heterocycles. The molecule has 18 heavy (non-hydrogen) atoms. The smallest absolute Gasteiger partial charge is 0.354 e. The molecule has 2 rings (SSSR count). The van der Waals surface area contributed by atoms with Crippen molar-refractivity contribution in [3.8, 4) is 0 Å². The number of anilines is 1. The molecule has 0 atom stereocenters. The molecule has 0 amide bonds. The third kappa shape index (κ3) is 2.65. The minimum Gasteiger partial charge on any atom is -0.478 e. The summed E-state index contributed by atoms with van der Waals surface area (Å²) in [6.07, 6.45) is 1.26. The second kappa shape index (κ2) is 5.31. The van der Waals surface area contributed by atoms with Crippen molar-refractivity contribution in [2.45, 2.75) is 12.8 Å². The fraction of sp³-hybridized carbons (Fsp3) is 0.250. The van der Waals surface area contributed by atoms with Crippen molar-refractivity contribution < 1.29 is 19.4 Å². The quantitative estimate of drug-likeness (QED) is 0.625. The number of nitrogens with zero attached hydrogens (tertiary/aromatic N) is 1. The number of carbonyl (C=O) groups is 2. The number of hydrogen-bond donors (Lipinski definition) is 2. The zero-order chi connectivity index (χ0) is 13.0. The summed E-state index contributed by atoms with van der Waals surface area (Å²) < 4.78 is 4.83. The van der Waals surface area contributed by atoms with Gasteiger partial charge in [-0.3, -0.25) is 5.43 Å². The van der Waals surface area contributed by atoms with Crippen molar-refractivity contribution in [3.63, 3.8) is 0 Å². The Hall–Kier alpha value is -2.37. The van der Waals surface area contributed by atoms with Crippen LogP contribution < -0.4 is 5.43 Å². The van der Waals surface area contributed by atoms with Crippen LogP contribution >= 0.6 is 0 Å². The number of carbonyl (C=O) groups excluding carboxylic acids is 1. The van der Waals surface area contributed by atoms with Crippen molar-refractivity contribution in [1.29, 1.82) is 0 Å². The van der Waals surface area contributed by atoms with Crippen molar-refractivity contribution in [2.75, 3.05) is 12.0 Å². The number of hydrazone groups is 1. The lowest BCUT2D eigenvalue weighted by molar-refractivity contribution is -0.137. The summed E-state index contributed by atoms with van der Waals surface area (Å²) in [5.74, 6) is -1.51. The van der Waals surface area contributed by atoms with Crippen LogP contribution in [0.5, 0.6) is 0 Å². The molecule has 0 radical (unpaired) electrons. The van der Waals surface area contributed by atoms with Gasteiger partial charge in [-0.2, -0.15) is 5.10 Å². The van der Waals surface area contributed by atoms with Gasteiger partial charge in [0.15, 0.2) is 0 Å². The largest absolute Gasteiger partial charge is 0.478 e. The van der Waals surface area contributed by atoms with Crippen LogP contribution in [0.3, 0.4) is 0 Å². The average molecular weight is 248 g/mol. The summed E-state index contributed by atoms with van der Waals surface area (Å²) in [5, 5.41) is 12.9. The highest BCUT2D eigenvalue weighted by atomic mass is 16.5. The van der Waals surface area contributed by atoms with E-state index in [1.54, 1.807) is 18.2 Å². The highest BCUT2D eigenvalue weighted by Gasteiger charge is 2.18. The number of nitrogens with one attached hydrogen (secondary N) is 1. The molecule has 1 saturated heterocycles. The van der Waals surface area contributed by atoms with Crippen LogP contribution in [0.25, 0.3) is 0 Å². The van der Waals surface area contributed by atoms with Gasteiger partial charge in [0.25, 0.3) is 0 Å². The Balaban J connectivity index is 2.17. The van der Waals surface area contributed by atoms with Crippen LogP contribution in [-0.4, -0.2) is 29.4 Å². The van der Waals surface area contributed by atoms with Crippen LogP contribution in [0.15, 0.2) is 29.4 Å². The van der Waals surface area contributed by atoms with Gasteiger partial charge in [-0.15, -0.1) is 0 Å². The molecule has 0 aliphatic carbocycles. The molecule has 6 heteroatoms. The number of ether oxygens (including phenoxy) is 1. The van der Waals surface area contributed by atoms with E-state index in [0.717, 1.165) is 6.42 Å². The van der Waals surface area contributed by atoms with Crippen molar-refractivity contribution >= 4 is 23.3 Å². The highest BCUT2D eigenvalue weighted by Crippen LogP contribution is 2.15. The topological polar surface area (TPSA) is 88.0 Å². The zero-order valence-electron chi connectivity index (χ0n) is 9.55. The molecule has 1 fully saturated rings. The molecule has 0 spiro atoms.